The number of aliphatic hydroxyl groups is 2. The number of carboxylic acids is 1. The standard InChI is InChI=1S/C35H57N3O5/c1-25-32(40)12-11-30(38-25)21-29(13-17-39)28-10-5-3-4-6-14-35(43,23-33(41)42)24-37-34(2)15-16-36-31(22-34)20-27-9-7-8-26(18-27)19-28/h7-9,17-18,25,28-32,36-38,40,43H,3-6,10-16,19-24H2,1-2H3,(H,41,42). The molecule has 3 aliphatic rings. The second-order valence-electron chi connectivity index (χ2n) is 14.5. The van der Waals surface area contributed by atoms with E-state index in [2.05, 4.69) is 47.1 Å². The second kappa shape index (κ2) is 15.9. The lowest BCUT2D eigenvalue weighted by Gasteiger charge is -2.42. The minimum absolute atomic E-state index is 0.0721. The molecule has 1 aromatic carbocycles. The van der Waals surface area contributed by atoms with Gasteiger partial charge in [0, 0.05) is 36.6 Å². The molecular formula is C35H57N3O5. The molecule has 1 aromatic rings. The molecule has 3 aliphatic heterocycles. The Kier molecular flexibility index (Phi) is 12.6. The normalized spacial score (nSPS) is 35.7. The number of fused-ring (bicyclic) bond motifs is 4. The fourth-order valence-corrected chi connectivity index (χ4v) is 8.01. The van der Waals surface area contributed by atoms with Crippen LogP contribution in [0.2, 0.25) is 0 Å². The average Bonchev–Trinajstić information content (AvgIpc) is 2.94. The fourth-order valence-electron chi connectivity index (χ4n) is 8.01. The van der Waals surface area contributed by atoms with E-state index < -0.39 is 11.6 Å². The minimum Gasteiger partial charge on any atom is -0.481 e. The molecule has 242 valence electrons. The van der Waals surface area contributed by atoms with Crippen molar-refractivity contribution in [2.45, 2.75) is 146 Å². The summed E-state index contributed by atoms with van der Waals surface area (Å²) in [7, 11) is 0. The molecule has 2 fully saturated rings. The molecule has 4 bridgehead atoms. The minimum atomic E-state index is -1.26. The number of piperidine rings is 2. The summed E-state index contributed by atoms with van der Waals surface area (Å²) >= 11 is 0. The number of aldehydes is 1. The summed E-state index contributed by atoms with van der Waals surface area (Å²) in [4.78, 5) is 23.6. The smallest absolute Gasteiger partial charge is 0.306 e. The third-order valence-corrected chi connectivity index (χ3v) is 10.6. The van der Waals surface area contributed by atoms with Crippen LogP contribution >= 0.6 is 0 Å². The van der Waals surface area contributed by atoms with Crippen LogP contribution in [0.15, 0.2) is 24.3 Å². The Morgan fingerprint density at radius 3 is 2.60 bits per heavy atom. The van der Waals surface area contributed by atoms with Gasteiger partial charge in [0.1, 0.15) is 6.29 Å². The molecule has 0 radical (unpaired) electrons. The monoisotopic (exact) mass is 599 g/mol. The van der Waals surface area contributed by atoms with Crippen LogP contribution in [0.4, 0.5) is 0 Å². The molecule has 8 unspecified atom stereocenters. The van der Waals surface area contributed by atoms with E-state index in [1.165, 1.54) is 11.1 Å². The van der Waals surface area contributed by atoms with E-state index in [0.29, 0.717) is 30.8 Å². The van der Waals surface area contributed by atoms with Crippen LogP contribution in [0, 0.1) is 11.8 Å². The van der Waals surface area contributed by atoms with Gasteiger partial charge in [-0.15, -0.1) is 0 Å². The Bertz CT molecular complexity index is 1040. The van der Waals surface area contributed by atoms with Crippen molar-refractivity contribution in [1.29, 1.82) is 0 Å². The summed E-state index contributed by atoms with van der Waals surface area (Å²) in [5.41, 5.74) is 1.23. The van der Waals surface area contributed by atoms with Crippen molar-refractivity contribution >= 4 is 12.3 Å². The Morgan fingerprint density at radius 2 is 1.86 bits per heavy atom. The topological polar surface area (TPSA) is 131 Å². The van der Waals surface area contributed by atoms with Gasteiger partial charge in [-0.3, -0.25) is 4.79 Å². The van der Waals surface area contributed by atoms with Gasteiger partial charge in [-0.1, -0.05) is 49.9 Å². The molecule has 0 aliphatic carbocycles. The van der Waals surface area contributed by atoms with E-state index in [9.17, 15) is 24.9 Å². The van der Waals surface area contributed by atoms with Crippen molar-refractivity contribution in [3.8, 4) is 0 Å². The molecule has 0 amide bonds. The first-order valence-corrected chi connectivity index (χ1v) is 16.9. The number of carbonyl (C=O) groups excluding carboxylic acids is 1. The number of carbonyl (C=O) groups is 2. The van der Waals surface area contributed by atoms with Crippen LogP contribution in [0.25, 0.3) is 0 Å². The van der Waals surface area contributed by atoms with Crippen LogP contribution in [-0.2, 0) is 22.4 Å². The summed E-state index contributed by atoms with van der Waals surface area (Å²) in [6.45, 7) is 5.42. The maximum atomic E-state index is 11.9. The zero-order valence-electron chi connectivity index (χ0n) is 26.5. The molecule has 0 spiro atoms. The zero-order chi connectivity index (χ0) is 30.9. The van der Waals surface area contributed by atoms with Gasteiger partial charge in [0.15, 0.2) is 0 Å². The fraction of sp³-hybridized carbons (Fsp3) is 0.771. The number of rotatable bonds is 7. The number of β-amino-alcohol motifs (C(OH)–C–C–N with tert-alkyl or cyclic N) is 1. The maximum Gasteiger partial charge on any atom is 0.306 e. The molecule has 2 saturated heterocycles. The van der Waals surface area contributed by atoms with Crippen LogP contribution in [-0.4, -0.2) is 76.0 Å². The summed E-state index contributed by atoms with van der Waals surface area (Å²) < 4.78 is 0. The van der Waals surface area contributed by atoms with Gasteiger partial charge in [0.25, 0.3) is 0 Å². The second-order valence-corrected chi connectivity index (χ2v) is 14.5. The van der Waals surface area contributed by atoms with Gasteiger partial charge in [-0.05, 0) is 101 Å². The molecule has 0 saturated carbocycles. The van der Waals surface area contributed by atoms with Crippen molar-refractivity contribution in [2.75, 3.05) is 13.1 Å². The highest BCUT2D eigenvalue weighted by atomic mass is 16.4. The molecule has 8 nitrogen and oxygen atoms in total. The lowest BCUT2D eigenvalue weighted by Crippen LogP contribution is -2.58. The SMILES string of the molecule is CC1NC(CC(CC=O)C2CCCCCCC(O)(CC(=O)O)CNC3(C)CCNC(Cc4cccc(c4)C2)C3)CCC1O. The highest BCUT2D eigenvalue weighted by Crippen LogP contribution is 2.33. The Labute approximate surface area is 258 Å². The van der Waals surface area contributed by atoms with Crippen molar-refractivity contribution in [3.05, 3.63) is 35.4 Å². The Balaban J connectivity index is 1.54. The molecule has 6 N–H and O–H groups in total. The third-order valence-electron chi connectivity index (χ3n) is 10.6. The highest BCUT2D eigenvalue weighted by molar-refractivity contribution is 5.68. The van der Waals surface area contributed by atoms with E-state index in [4.69, 9.17) is 0 Å². The van der Waals surface area contributed by atoms with E-state index in [1.54, 1.807) is 0 Å². The largest absolute Gasteiger partial charge is 0.481 e. The van der Waals surface area contributed by atoms with Gasteiger partial charge < -0.3 is 36.1 Å². The maximum absolute atomic E-state index is 11.9. The van der Waals surface area contributed by atoms with E-state index >= 15 is 0 Å². The van der Waals surface area contributed by atoms with Crippen molar-refractivity contribution in [2.24, 2.45) is 11.8 Å². The molecule has 3 heterocycles. The molecule has 43 heavy (non-hydrogen) atoms. The first-order chi connectivity index (χ1) is 20.6. The summed E-state index contributed by atoms with van der Waals surface area (Å²) in [6.07, 6.45) is 12.8. The van der Waals surface area contributed by atoms with Gasteiger partial charge in [0.05, 0.1) is 18.1 Å². The zero-order valence-corrected chi connectivity index (χ0v) is 26.5. The van der Waals surface area contributed by atoms with Gasteiger partial charge in [-0.2, -0.15) is 0 Å². The number of carboxylic acid groups (broad SMARTS) is 1. The van der Waals surface area contributed by atoms with Crippen molar-refractivity contribution < 1.29 is 24.9 Å². The summed E-state index contributed by atoms with van der Waals surface area (Å²) in [5, 5.41) is 42.1. The summed E-state index contributed by atoms with van der Waals surface area (Å²) in [6, 6.07) is 9.67. The quantitative estimate of drug-likeness (QED) is 0.258. The van der Waals surface area contributed by atoms with E-state index in [1.807, 2.05) is 6.92 Å². The number of hydrogen-bond donors (Lipinski definition) is 6. The van der Waals surface area contributed by atoms with Crippen molar-refractivity contribution in [3.63, 3.8) is 0 Å². The molecular weight excluding hydrogens is 542 g/mol. The highest BCUT2D eigenvalue weighted by Gasteiger charge is 2.37. The van der Waals surface area contributed by atoms with Crippen LogP contribution in [0.3, 0.4) is 0 Å². The number of aliphatic carboxylic acids is 1. The first kappa shape index (κ1) is 34.0. The predicted molar refractivity (Wildman–Crippen MR) is 170 cm³/mol. The summed E-state index contributed by atoms with van der Waals surface area (Å²) in [5.74, 6) is -0.299. The van der Waals surface area contributed by atoms with Gasteiger partial charge >= 0.3 is 5.97 Å². The molecule has 8 heteroatoms. The van der Waals surface area contributed by atoms with Crippen LogP contribution < -0.4 is 16.0 Å². The lowest BCUT2D eigenvalue weighted by atomic mass is 9.76. The van der Waals surface area contributed by atoms with Crippen molar-refractivity contribution in [1.82, 2.24) is 16.0 Å². The lowest BCUT2D eigenvalue weighted by molar-refractivity contribution is -0.143. The third kappa shape index (κ3) is 10.6. The van der Waals surface area contributed by atoms with E-state index in [0.717, 1.165) is 89.9 Å². The molecule has 0 aromatic heterocycles. The predicted octanol–water partition coefficient (Wildman–Crippen LogP) is 4.14. The first-order valence-electron chi connectivity index (χ1n) is 16.9. The number of hydrogen-bond acceptors (Lipinski definition) is 7. The van der Waals surface area contributed by atoms with Crippen LogP contribution in [0.5, 0.6) is 0 Å². The Morgan fingerprint density at radius 1 is 1.09 bits per heavy atom. The van der Waals surface area contributed by atoms with E-state index in [-0.39, 0.29) is 36.6 Å². The number of aliphatic hydroxyl groups excluding tert-OH is 1. The van der Waals surface area contributed by atoms with Crippen LogP contribution in [0.1, 0.15) is 108 Å². The average molecular weight is 600 g/mol. The molecule has 4 rings (SSSR count). The van der Waals surface area contributed by atoms with Gasteiger partial charge in [0.2, 0.25) is 0 Å². The Hall–Kier alpha value is -1.84. The number of benzene rings is 1. The number of nitrogens with one attached hydrogen (secondary N) is 3. The molecule has 8 atom stereocenters. The van der Waals surface area contributed by atoms with Gasteiger partial charge in [-0.25, -0.2) is 0 Å².